The minimum Gasteiger partial charge on any atom is -0.332 e. The molecule has 152 valence electrons. The van der Waals surface area contributed by atoms with Crippen molar-refractivity contribution in [2.24, 2.45) is 17.8 Å². The second-order valence-corrected chi connectivity index (χ2v) is 9.09. The van der Waals surface area contributed by atoms with Crippen LogP contribution in [0.1, 0.15) is 57.1 Å². The zero-order chi connectivity index (χ0) is 19.9. The van der Waals surface area contributed by atoms with Gasteiger partial charge in [0.15, 0.2) is 6.54 Å². The van der Waals surface area contributed by atoms with Crippen molar-refractivity contribution in [3.8, 4) is 0 Å². The average Bonchev–Trinajstić information content (AvgIpc) is 2.57. The van der Waals surface area contributed by atoms with Crippen molar-refractivity contribution in [3.63, 3.8) is 0 Å². The topological polar surface area (TPSA) is 74.8 Å². The molecule has 0 unspecified atom stereocenters. The van der Waals surface area contributed by atoms with Gasteiger partial charge < -0.3 is 10.6 Å². The van der Waals surface area contributed by atoms with Gasteiger partial charge in [0.25, 0.3) is 5.91 Å². The first-order chi connectivity index (χ1) is 13.3. The van der Waals surface area contributed by atoms with Crippen LogP contribution in [0.2, 0.25) is 0 Å². The van der Waals surface area contributed by atoms with E-state index < -0.39 is 23.6 Å². The number of quaternary nitrogens is 1. The van der Waals surface area contributed by atoms with Crippen molar-refractivity contribution in [1.29, 1.82) is 0 Å². The number of nitrogens with one attached hydrogen (secondary N) is 2. The van der Waals surface area contributed by atoms with Crippen LogP contribution in [0, 0.1) is 29.4 Å². The molecule has 4 N–H and O–H groups in total. The molecule has 28 heavy (non-hydrogen) atoms. The lowest BCUT2D eigenvalue weighted by Crippen LogP contribution is -2.87. The fraction of sp³-hybridized carbons (Fsp3) is 0.619. The maximum absolute atomic E-state index is 13.8. The van der Waals surface area contributed by atoms with E-state index in [9.17, 15) is 18.4 Å². The van der Waals surface area contributed by atoms with Gasteiger partial charge in [-0.1, -0.05) is 0 Å². The second kappa shape index (κ2) is 7.43. The molecule has 0 aromatic heterocycles. The number of rotatable bonds is 5. The number of hydrogen-bond acceptors (Lipinski definition) is 2. The number of hydrogen-bond donors (Lipinski definition) is 3. The summed E-state index contributed by atoms with van der Waals surface area (Å²) in [5.74, 6) is 0.443. The monoisotopic (exact) mass is 392 g/mol. The number of amides is 3. The Kier molecular flexibility index (Phi) is 5.12. The molecule has 0 saturated heterocycles. The number of imide groups is 1. The van der Waals surface area contributed by atoms with Crippen molar-refractivity contribution < 1.29 is 23.7 Å². The molecule has 5 nitrogen and oxygen atoms in total. The molecule has 3 amide bonds. The van der Waals surface area contributed by atoms with Gasteiger partial charge in [-0.3, -0.25) is 10.1 Å². The first-order valence-corrected chi connectivity index (χ1v) is 10.2. The van der Waals surface area contributed by atoms with Crippen molar-refractivity contribution in [1.82, 2.24) is 10.6 Å². The summed E-state index contributed by atoms with van der Waals surface area (Å²) in [6, 6.07) is 2.61. The van der Waals surface area contributed by atoms with Gasteiger partial charge in [-0.2, -0.15) is 0 Å². The molecule has 0 heterocycles. The molecule has 4 fully saturated rings. The Morgan fingerprint density at radius 1 is 1.14 bits per heavy atom. The molecule has 0 radical (unpaired) electrons. The molecule has 4 saturated carbocycles. The molecule has 7 heteroatoms. The van der Waals surface area contributed by atoms with E-state index in [-0.39, 0.29) is 18.1 Å². The van der Waals surface area contributed by atoms with E-state index in [1.165, 1.54) is 31.4 Å². The van der Waals surface area contributed by atoms with Gasteiger partial charge in [0, 0.05) is 17.2 Å². The van der Waals surface area contributed by atoms with Gasteiger partial charge in [-0.25, -0.2) is 13.6 Å². The van der Waals surface area contributed by atoms with Gasteiger partial charge in [0.1, 0.15) is 17.7 Å². The van der Waals surface area contributed by atoms with E-state index in [1.807, 2.05) is 0 Å². The number of halogens is 2. The molecular weight excluding hydrogens is 364 g/mol. The Hall–Kier alpha value is -2.02. The van der Waals surface area contributed by atoms with Gasteiger partial charge in [-0.15, -0.1) is 0 Å². The Labute approximate surface area is 163 Å². The Balaban J connectivity index is 1.26. The van der Waals surface area contributed by atoms with Crippen LogP contribution in [0.15, 0.2) is 18.2 Å². The molecule has 1 aromatic carbocycles. The predicted octanol–water partition coefficient (Wildman–Crippen LogP) is 2.38. The van der Waals surface area contributed by atoms with Crippen LogP contribution in [-0.4, -0.2) is 24.0 Å². The minimum atomic E-state index is -0.635. The highest BCUT2D eigenvalue weighted by Gasteiger charge is 2.51. The van der Waals surface area contributed by atoms with Crippen molar-refractivity contribution >= 4 is 11.9 Å². The molecule has 4 bridgehead atoms. The fourth-order valence-electron chi connectivity index (χ4n) is 6.00. The van der Waals surface area contributed by atoms with Crippen LogP contribution in [0.25, 0.3) is 0 Å². The third-order valence-electron chi connectivity index (χ3n) is 6.78. The molecule has 0 aliphatic heterocycles. The Bertz CT molecular complexity index is 748. The van der Waals surface area contributed by atoms with Crippen molar-refractivity contribution in [3.05, 3.63) is 35.4 Å². The molecule has 4 aliphatic rings. The SMILES string of the molecule is C[C@H]([NH2+]CC(=O)NC(=O)NC12CC3CC(CC(C3)C1)C2)c1ccc(F)cc1F. The number of carbonyl (C=O) groups excluding carboxylic acids is 2. The van der Waals surface area contributed by atoms with Crippen molar-refractivity contribution in [2.75, 3.05) is 6.54 Å². The summed E-state index contributed by atoms with van der Waals surface area (Å²) < 4.78 is 26.8. The molecule has 4 aliphatic carbocycles. The third-order valence-corrected chi connectivity index (χ3v) is 6.78. The summed E-state index contributed by atoms with van der Waals surface area (Å²) in [4.78, 5) is 24.5. The van der Waals surface area contributed by atoms with E-state index in [2.05, 4.69) is 10.6 Å². The van der Waals surface area contributed by atoms with Gasteiger partial charge >= 0.3 is 6.03 Å². The summed E-state index contributed by atoms with van der Waals surface area (Å²) in [6.07, 6.45) is 6.92. The van der Waals surface area contributed by atoms with Crippen LogP contribution in [-0.2, 0) is 4.79 Å². The number of benzene rings is 1. The summed E-state index contributed by atoms with van der Waals surface area (Å²) in [5.41, 5.74) is 0.181. The summed E-state index contributed by atoms with van der Waals surface area (Å²) in [7, 11) is 0. The van der Waals surface area contributed by atoms with E-state index in [1.54, 1.807) is 12.2 Å². The normalized spacial score (nSPS) is 31.5. The Morgan fingerprint density at radius 3 is 2.32 bits per heavy atom. The number of urea groups is 1. The van der Waals surface area contributed by atoms with Crippen LogP contribution in [0.4, 0.5) is 13.6 Å². The molecular formula is C21H28F2N3O2+. The Morgan fingerprint density at radius 2 is 1.75 bits per heavy atom. The molecule has 0 spiro atoms. The summed E-state index contributed by atoms with van der Waals surface area (Å²) in [5, 5.41) is 7.14. The highest BCUT2D eigenvalue weighted by molar-refractivity contribution is 5.95. The molecule has 1 atom stereocenters. The predicted molar refractivity (Wildman–Crippen MR) is 99.1 cm³/mol. The van der Waals surface area contributed by atoms with E-state index in [0.717, 1.165) is 25.3 Å². The standard InChI is InChI=1S/C21H27F2N3O2/c1-12(17-3-2-16(22)7-18(17)23)24-11-19(27)25-20(28)26-21-8-13-4-14(9-21)6-15(5-13)10-21/h2-3,7,12-15,24H,4-6,8-11H2,1H3,(H2,25,26,27,28)/p+1/t12-,13?,14?,15?,21?/m0/s1. The van der Waals surface area contributed by atoms with E-state index >= 15 is 0 Å². The lowest BCUT2D eigenvalue weighted by Gasteiger charge is -2.56. The van der Waals surface area contributed by atoms with Crippen LogP contribution in [0.5, 0.6) is 0 Å². The van der Waals surface area contributed by atoms with Crippen LogP contribution in [0.3, 0.4) is 0 Å². The van der Waals surface area contributed by atoms with Gasteiger partial charge in [0.05, 0.1) is 0 Å². The largest absolute Gasteiger partial charge is 0.332 e. The smallest absolute Gasteiger partial charge is 0.322 e. The first-order valence-electron chi connectivity index (χ1n) is 10.2. The fourth-order valence-corrected chi connectivity index (χ4v) is 6.00. The minimum absolute atomic E-state index is 0.00766. The quantitative estimate of drug-likeness (QED) is 0.720. The van der Waals surface area contributed by atoms with Crippen LogP contribution >= 0.6 is 0 Å². The highest BCUT2D eigenvalue weighted by Crippen LogP contribution is 2.55. The lowest BCUT2D eigenvalue weighted by atomic mass is 9.53. The maximum Gasteiger partial charge on any atom is 0.322 e. The highest BCUT2D eigenvalue weighted by atomic mass is 19.1. The van der Waals surface area contributed by atoms with Gasteiger partial charge in [-0.05, 0) is 75.3 Å². The van der Waals surface area contributed by atoms with E-state index in [0.29, 0.717) is 23.3 Å². The first kappa shape index (κ1) is 19.3. The molecule has 1 aromatic rings. The molecule has 5 rings (SSSR count). The maximum atomic E-state index is 13.8. The summed E-state index contributed by atoms with van der Waals surface area (Å²) in [6.45, 7) is 1.73. The van der Waals surface area contributed by atoms with Crippen molar-refractivity contribution in [2.45, 2.75) is 57.0 Å². The van der Waals surface area contributed by atoms with E-state index in [4.69, 9.17) is 0 Å². The zero-order valence-electron chi connectivity index (χ0n) is 16.1. The third kappa shape index (κ3) is 4.04. The number of carbonyl (C=O) groups is 2. The van der Waals surface area contributed by atoms with Gasteiger partial charge in [0.2, 0.25) is 0 Å². The average molecular weight is 392 g/mol. The van der Waals surface area contributed by atoms with Crippen LogP contribution < -0.4 is 16.0 Å². The zero-order valence-corrected chi connectivity index (χ0v) is 16.1. The second-order valence-electron chi connectivity index (χ2n) is 9.09. The number of nitrogens with two attached hydrogens (primary N) is 1. The lowest BCUT2D eigenvalue weighted by molar-refractivity contribution is -0.682. The summed E-state index contributed by atoms with van der Waals surface area (Å²) >= 11 is 0.